The number of oxime groups is 2. The van der Waals surface area contributed by atoms with Crippen molar-refractivity contribution in [1.29, 1.82) is 0 Å². The van der Waals surface area contributed by atoms with Gasteiger partial charge in [0.15, 0.2) is 0 Å². The van der Waals surface area contributed by atoms with E-state index in [4.69, 9.17) is 0 Å². The van der Waals surface area contributed by atoms with E-state index in [1.807, 2.05) is 13.8 Å². The Balaban J connectivity index is 3.48. The van der Waals surface area contributed by atoms with Crippen LogP contribution >= 0.6 is 0 Å². The molecule has 138 valence electrons. The molecule has 0 aromatic carbocycles. The molecule has 2 amide bonds. The minimum absolute atomic E-state index is 0.532. The first-order valence-corrected chi connectivity index (χ1v) is 8.46. The Bertz CT molecular complexity index is 396. The van der Waals surface area contributed by atoms with Gasteiger partial charge < -0.3 is 10.6 Å². The number of rotatable bonds is 11. The van der Waals surface area contributed by atoms with E-state index >= 15 is 0 Å². The summed E-state index contributed by atoms with van der Waals surface area (Å²) in [6.07, 6.45) is 4.01. The first-order chi connectivity index (χ1) is 11.5. The van der Waals surface area contributed by atoms with Crippen LogP contribution in [0.5, 0.6) is 0 Å². The van der Waals surface area contributed by atoms with Gasteiger partial charge in [-0.15, -0.1) is 0 Å². The summed E-state index contributed by atoms with van der Waals surface area (Å²) >= 11 is 0. The summed E-state index contributed by atoms with van der Waals surface area (Å²) in [5.41, 5.74) is 1.54. The van der Waals surface area contributed by atoms with E-state index in [0.29, 0.717) is 13.1 Å². The van der Waals surface area contributed by atoms with Gasteiger partial charge in [-0.05, 0) is 39.5 Å². The lowest BCUT2D eigenvalue weighted by Crippen LogP contribution is -2.25. The Hall–Kier alpha value is -2.12. The number of hydrogen-bond acceptors (Lipinski definition) is 6. The second-order valence-corrected chi connectivity index (χ2v) is 5.39. The molecule has 8 heteroatoms. The molecule has 0 aliphatic carbocycles. The van der Waals surface area contributed by atoms with E-state index in [1.54, 1.807) is 13.8 Å². The molecule has 0 fully saturated rings. The molecule has 0 aromatic rings. The van der Waals surface area contributed by atoms with Crippen LogP contribution in [0.25, 0.3) is 0 Å². The zero-order chi connectivity index (χ0) is 18.2. The van der Waals surface area contributed by atoms with Crippen molar-refractivity contribution in [2.24, 2.45) is 10.3 Å². The fourth-order valence-corrected chi connectivity index (χ4v) is 1.42. The average molecular weight is 342 g/mol. The highest BCUT2D eigenvalue weighted by Crippen LogP contribution is 1.98. The third-order valence-electron chi connectivity index (χ3n) is 3.23. The van der Waals surface area contributed by atoms with Gasteiger partial charge >= 0.3 is 12.2 Å². The molecular weight excluding hydrogens is 312 g/mol. The summed E-state index contributed by atoms with van der Waals surface area (Å²) in [5, 5.41) is 12.6. The van der Waals surface area contributed by atoms with E-state index in [1.165, 1.54) is 0 Å². The molecule has 0 bridgehead atoms. The van der Waals surface area contributed by atoms with Gasteiger partial charge in [-0.3, -0.25) is 9.68 Å². The summed E-state index contributed by atoms with van der Waals surface area (Å²) in [7, 11) is 0. The van der Waals surface area contributed by atoms with Gasteiger partial charge in [-0.1, -0.05) is 37.0 Å². The largest absolute Gasteiger partial charge is 0.433 e. The van der Waals surface area contributed by atoms with Crippen molar-refractivity contribution in [1.82, 2.24) is 10.6 Å². The van der Waals surface area contributed by atoms with Crippen LogP contribution in [0.15, 0.2) is 10.3 Å². The molecule has 0 heterocycles. The lowest BCUT2D eigenvalue weighted by atomic mass is 10.2. The molecule has 0 unspecified atom stereocenters. The quantitative estimate of drug-likeness (QED) is 0.259. The van der Waals surface area contributed by atoms with Gasteiger partial charge in [0, 0.05) is 13.1 Å². The number of hydrogen-bond donors (Lipinski definition) is 2. The molecule has 0 aromatic heterocycles. The molecule has 0 spiro atoms. The van der Waals surface area contributed by atoms with Crippen LogP contribution in [0.3, 0.4) is 0 Å². The van der Waals surface area contributed by atoms with Crippen LogP contribution in [-0.4, -0.2) is 36.7 Å². The van der Waals surface area contributed by atoms with Crippen molar-refractivity contribution in [2.45, 2.75) is 66.2 Å². The number of nitrogens with one attached hydrogen (secondary N) is 2. The van der Waals surface area contributed by atoms with Crippen LogP contribution in [0.4, 0.5) is 9.59 Å². The number of carbonyl (C=O) groups excluding carboxylic acids is 2. The molecule has 8 nitrogen and oxygen atoms in total. The first-order valence-electron chi connectivity index (χ1n) is 8.46. The standard InChI is InChI=1S/C16H30N4O4/c1-5-13(3)19-23-15(21)17-11-9-7-8-10-12-18-16(22)24-20-14(4)6-2/h5-12H2,1-4H3,(H,17,21)(H,18,22)/b19-13+,20-14?. The van der Waals surface area contributed by atoms with Crippen molar-refractivity contribution < 1.29 is 19.3 Å². The highest BCUT2D eigenvalue weighted by atomic mass is 16.7. The van der Waals surface area contributed by atoms with Gasteiger partial charge in [0.1, 0.15) is 0 Å². The Morgan fingerprint density at radius 3 is 1.46 bits per heavy atom. The lowest BCUT2D eigenvalue weighted by molar-refractivity contribution is 0.149. The van der Waals surface area contributed by atoms with Gasteiger partial charge in [-0.2, -0.15) is 0 Å². The summed E-state index contributed by atoms with van der Waals surface area (Å²) in [5.74, 6) is 0. The maximum atomic E-state index is 11.3. The highest BCUT2D eigenvalue weighted by Gasteiger charge is 2.02. The molecule has 0 saturated heterocycles. The summed E-state index contributed by atoms with van der Waals surface area (Å²) < 4.78 is 0. The van der Waals surface area contributed by atoms with E-state index in [9.17, 15) is 9.59 Å². The number of carbonyl (C=O) groups is 2. The fraction of sp³-hybridized carbons (Fsp3) is 0.750. The monoisotopic (exact) mass is 342 g/mol. The third-order valence-corrected chi connectivity index (χ3v) is 3.23. The van der Waals surface area contributed by atoms with Crippen molar-refractivity contribution in [3.05, 3.63) is 0 Å². The van der Waals surface area contributed by atoms with E-state index in [-0.39, 0.29) is 0 Å². The minimum Gasteiger partial charge on any atom is -0.320 e. The average Bonchev–Trinajstić information content (AvgIpc) is 2.59. The maximum absolute atomic E-state index is 11.3. The molecule has 0 rings (SSSR count). The third kappa shape index (κ3) is 13.5. The van der Waals surface area contributed by atoms with Crippen LogP contribution in [0, 0.1) is 0 Å². The van der Waals surface area contributed by atoms with E-state index in [2.05, 4.69) is 30.6 Å². The normalized spacial score (nSPS) is 11.8. The second kappa shape index (κ2) is 14.5. The zero-order valence-corrected chi connectivity index (χ0v) is 15.2. The summed E-state index contributed by atoms with van der Waals surface area (Å²) in [6.45, 7) is 8.56. The van der Waals surface area contributed by atoms with E-state index < -0.39 is 12.2 Å². The predicted molar refractivity (Wildman–Crippen MR) is 94.2 cm³/mol. The first kappa shape index (κ1) is 21.9. The van der Waals surface area contributed by atoms with Gasteiger partial charge in [-0.25, -0.2) is 9.59 Å². The fourth-order valence-electron chi connectivity index (χ4n) is 1.42. The van der Waals surface area contributed by atoms with Crippen LogP contribution < -0.4 is 10.6 Å². The minimum atomic E-state index is -0.532. The molecule has 0 aliphatic heterocycles. The maximum Gasteiger partial charge on any atom is 0.433 e. The molecule has 0 aliphatic rings. The van der Waals surface area contributed by atoms with Crippen molar-refractivity contribution in [3.8, 4) is 0 Å². The van der Waals surface area contributed by atoms with Gasteiger partial charge in [0.05, 0.1) is 11.4 Å². The predicted octanol–water partition coefficient (Wildman–Crippen LogP) is 3.57. The molecule has 24 heavy (non-hydrogen) atoms. The number of amides is 2. The Labute approximate surface area is 144 Å². The van der Waals surface area contributed by atoms with Crippen LogP contribution in [0.2, 0.25) is 0 Å². The summed E-state index contributed by atoms with van der Waals surface area (Å²) in [6, 6.07) is 0. The SMILES string of the molecule is CCC(C)=NOC(=O)NCCCCCCNC(=O)O/N=C(\C)CC. The van der Waals surface area contributed by atoms with Crippen LogP contribution in [-0.2, 0) is 9.68 Å². The molecule has 0 atom stereocenters. The molecule has 2 N–H and O–H groups in total. The number of unbranched alkanes of at least 4 members (excludes halogenated alkanes) is 3. The van der Waals surface area contributed by atoms with Crippen molar-refractivity contribution in [3.63, 3.8) is 0 Å². The van der Waals surface area contributed by atoms with Crippen molar-refractivity contribution >= 4 is 23.6 Å². The van der Waals surface area contributed by atoms with E-state index in [0.717, 1.165) is 49.9 Å². The summed E-state index contributed by atoms with van der Waals surface area (Å²) in [4.78, 5) is 31.9. The topological polar surface area (TPSA) is 101 Å². The molecule has 0 radical (unpaired) electrons. The van der Waals surface area contributed by atoms with Gasteiger partial charge in [0.25, 0.3) is 0 Å². The number of nitrogens with zero attached hydrogens (tertiary/aromatic N) is 2. The Kier molecular flexibility index (Phi) is 13.2. The lowest BCUT2D eigenvalue weighted by Gasteiger charge is -2.05. The second-order valence-electron chi connectivity index (χ2n) is 5.39. The molecular formula is C16H30N4O4. The zero-order valence-electron chi connectivity index (χ0n) is 15.2. The smallest absolute Gasteiger partial charge is 0.320 e. The molecule has 0 saturated carbocycles. The Morgan fingerprint density at radius 2 is 1.12 bits per heavy atom. The van der Waals surface area contributed by atoms with Crippen LogP contribution in [0.1, 0.15) is 66.2 Å². The highest BCUT2D eigenvalue weighted by molar-refractivity contribution is 5.82. The van der Waals surface area contributed by atoms with Crippen molar-refractivity contribution in [2.75, 3.05) is 13.1 Å². The Morgan fingerprint density at radius 1 is 0.750 bits per heavy atom. The van der Waals surface area contributed by atoms with Gasteiger partial charge in [0.2, 0.25) is 0 Å².